The summed E-state index contributed by atoms with van der Waals surface area (Å²) in [5.74, 6) is 0.677. The average molecular weight is 341 g/mol. The van der Waals surface area contributed by atoms with Gasteiger partial charge in [0, 0.05) is 12.6 Å². The smallest absolute Gasteiger partial charge is 0.209 e. The van der Waals surface area contributed by atoms with Crippen LogP contribution in [0.1, 0.15) is 44.3 Å². The Morgan fingerprint density at radius 1 is 1.32 bits per heavy atom. The highest BCUT2D eigenvalue weighted by molar-refractivity contribution is 5.72. The highest BCUT2D eigenvalue weighted by Crippen LogP contribution is 2.31. The molecule has 0 unspecified atom stereocenters. The van der Waals surface area contributed by atoms with Gasteiger partial charge in [0.1, 0.15) is 16.8 Å². The molecule has 7 nitrogen and oxygen atoms in total. The minimum absolute atomic E-state index is 0.226. The highest BCUT2D eigenvalue weighted by Gasteiger charge is 2.38. The number of piperidine rings is 1. The number of para-hydroxylation sites is 2. The summed E-state index contributed by atoms with van der Waals surface area (Å²) in [6.45, 7) is 6.07. The first-order chi connectivity index (χ1) is 12.0. The SMILES string of the molecule is CC(C)n1cc([C@@]2(O)CCCN(Cc3nc4ccccc4o3)C2)nn1. The molecule has 0 amide bonds. The quantitative estimate of drug-likeness (QED) is 0.785. The number of hydrogen-bond donors (Lipinski definition) is 1. The van der Waals surface area contributed by atoms with Gasteiger partial charge < -0.3 is 9.52 Å². The summed E-state index contributed by atoms with van der Waals surface area (Å²) in [6, 6.07) is 7.98. The molecule has 1 N–H and O–H groups in total. The van der Waals surface area contributed by atoms with Crippen LogP contribution in [0.15, 0.2) is 34.9 Å². The predicted molar refractivity (Wildman–Crippen MR) is 92.8 cm³/mol. The van der Waals surface area contributed by atoms with Crippen molar-refractivity contribution in [3.05, 3.63) is 42.0 Å². The summed E-state index contributed by atoms with van der Waals surface area (Å²) in [7, 11) is 0. The summed E-state index contributed by atoms with van der Waals surface area (Å²) in [6.07, 6.45) is 3.44. The lowest BCUT2D eigenvalue weighted by atomic mass is 9.90. The van der Waals surface area contributed by atoms with E-state index < -0.39 is 5.60 Å². The maximum atomic E-state index is 11.1. The lowest BCUT2D eigenvalue weighted by Crippen LogP contribution is -2.46. The molecule has 4 rings (SSSR count). The number of nitrogens with zero attached hydrogens (tertiary/aromatic N) is 5. The van der Waals surface area contributed by atoms with Gasteiger partial charge in [0.15, 0.2) is 5.58 Å². The first kappa shape index (κ1) is 16.2. The van der Waals surface area contributed by atoms with Crippen LogP contribution < -0.4 is 0 Å². The molecule has 1 aromatic carbocycles. The van der Waals surface area contributed by atoms with E-state index >= 15 is 0 Å². The number of benzene rings is 1. The van der Waals surface area contributed by atoms with Crippen LogP contribution in [0.2, 0.25) is 0 Å². The second kappa shape index (κ2) is 6.24. The molecule has 132 valence electrons. The van der Waals surface area contributed by atoms with Crippen LogP contribution in [0.5, 0.6) is 0 Å². The fourth-order valence-corrected chi connectivity index (χ4v) is 3.39. The standard InChI is InChI=1S/C18H23N5O2/c1-13(2)23-10-16(20-21-23)18(24)8-5-9-22(12-18)11-17-19-14-6-3-4-7-15(14)25-17/h3-4,6-7,10,13,24H,5,8-9,11-12H2,1-2H3/t18-/m1/s1. The first-order valence-corrected chi connectivity index (χ1v) is 8.75. The van der Waals surface area contributed by atoms with E-state index in [4.69, 9.17) is 4.42 Å². The molecular formula is C18H23N5O2. The van der Waals surface area contributed by atoms with Crippen molar-refractivity contribution in [2.45, 2.75) is 44.9 Å². The van der Waals surface area contributed by atoms with E-state index in [1.807, 2.05) is 44.3 Å². The Bertz CT molecular complexity index is 838. The second-order valence-corrected chi connectivity index (χ2v) is 7.10. The molecule has 1 aliphatic heterocycles. The van der Waals surface area contributed by atoms with Crippen molar-refractivity contribution < 1.29 is 9.52 Å². The Morgan fingerprint density at radius 3 is 2.92 bits per heavy atom. The third kappa shape index (κ3) is 3.17. The van der Waals surface area contributed by atoms with Gasteiger partial charge in [0.2, 0.25) is 5.89 Å². The maximum Gasteiger partial charge on any atom is 0.209 e. The molecule has 3 aromatic rings. The summed E-state index contributed by atoms with van der Waals surface area (Å²) in [4.78, 5) is 6.70. The van der Waals surface area contributed by atoms with Crippen LogP contribution in [0, 0.1) is 0 Å². The Morgan fingerprint density at radius 2 is 2.16 bits per heavy atom. The number of hydrogen-bond acceptors (Lipinski definition) is 6. The van der Waals surface area contributed by atoms with Gasteiger partial charge in [0.05, 0.1) is 12.7 Å². The van der Waals surface area contributed by atoms with E-state index in [0.29, 0.717) is 31.1 Å². The summed E-state index contributed by atoms with van der Waals surface area (Å²) < 4.78 is 7.60. The number of rotatable bonds is 4. The van der Waals surface area contributed by atoms with E-state index in [9.17, 15) is 5.11 Å². The number of likely N-dealkylation sites (tertiary alicyclic amines) is 1. The zero-order valence-corrected chi connectivity index (χ0v) is 14.6. The molecular weight excluding hydrogens is 318 g/mol. The fraction of sp³-hybridized carbons (Fsp3) is 0.500. The van der Waals surface area contributed by atoms with Crippen molar-refractivity contribution in [3.63, 3.8) is 0 Å². The summed E-state index contributed by atoms with van der Waals surface area (Å²) in [5.41, 5.74) is 1.33. The van der Waals surface area contributed by atoms with Crippen LogP contribution in [0.4, 0.5) is 0 Å². The van der Waals surface area contributed by atoms with Crippen LogP contribution in [0.25, 0.3) is 11.1 Å². The Balaban J connectivity index is 1.51. The minimum Gasteiger partial charge on any atom is -0.439 e. The monoisotopic (exact) mass is 341 g/mol. The molecule has 0 spiro atoms. The lowest BCUT2D eigenvalue weighted by Gasteiger charge is -2.37. The van der Waals surface area contributed by atoms with Crippen molar-refractivity contribution in [1.82, 2.24) is 24.9 Å². The van der Waals surface area contributed by atoms with Gasteiger partial charge in [0.25, 0.3) is 0 Å². The second-order valence-electron chi connectivity index (χ2n) is 7.10. The minimum atomic E-state index is -0.975. The predicted octanol–water partition coefficient (Wildman–Crippen LogP) is 2.48. The maximum absolute atomic E-state index is 11.1. The van der Waals surface area contributed by atoms with Crippen LogP contribution in [0.3, 0.4) is 0 Å². The number of oxazole rings is 1. The molecule has 1 atom stereocenters. The van der Waals surface area contributed by atoms with Gasteiger partial charge in [-0.15, -0.1) is 5.10 Å². The Labute approximate surface area is 146 Å². The number of aromatic nitrogens is 4. The third-order valence-electron chi connectivity index (χ3n) is 4.76. The molecule has 1 aliphatic rings. The van der Waals surface area contributed by atoms with Gasteiger partial charge in [-0.05, 0) is 45.4 Å². The van der Waals surface area contributed by atoms with E-state index in [0.717, 1.165) is 24.1 Å². The van der Waals surface area contributed by atoms with E-state index in [-0.39, 0.29) is 6.04 Å². The Kier molecular flexibility index (Phi) is 4.05. The zero-order valence-electron chi connectivity index (χ0n) is 14.6. The van der Waals surface area contributed by atoms with Gasteiger partial charge in [-0.3, -0.25) is 4.90 Å². The van der Waals surface area contributed by atoms with Gasteiger partial charge >= 0.3 is 0 Å². The van der Waals surface area contributed by atoms with Gasteiger partial charge in [-0.1, -0.05) is 17.3 Å². The highest BCUT2D eigenvalue weighted by atomic mass is 16.3. The topological polar surface area (TPSA) is 80.2 Å². The van der Waals surface area contributed by atoms with Gasteiger partial charge in [-0.2, -0.15) is 0 Å². The number of β-amino-alcohol motifs (C(OH)–C–C–N with tert-alkyl or cyclic N) is 1. The largest absolute Gasteiger partial charge is 0.439 e. The van der Waals surface area contributed by atoms with Crippen LogP contribution in [-0.2, 0) is 12.1 Å². The van der Waals surface area contributed by atoms with Crippen LogP contribution >= 0.6 is 0 Å². The number of fused-ring (bicyclic) bond motifs is 1. The van der Waals surface area contributed by atoms with Crippen molar-refractivity contribution >= 4 is 11.1 Å². The average Bonchev–Trinajstić information content (AvgIpc) is 3.22. The molecule has 3 heterocycles. The van der Waals surface area contributed by atoms with E-state index in [1.54, 1.807) is 4.68 Å². The molecule has 0 aliphatic carbocycles. The summed E-state index contributed by atoms with van der Waals surface area (Å²) in [5, 5.41) is 19.5. The molecule has 1 saturated heterocycles. The van der Waals surface area contributed by atoms with Crippen molar-refractivity contribution in [2.24, 2.45) is 0 Å². The number of aliphatic hydroxyl groups is 1. The van der Waals surface area contributed by atoms with Gasteiger partial charge in [-0.25, -0.2) is 9.67 Å². The van der Waals surface area contributed by atoms with Crippen molar-refractivity contribution in [1.29, 1.82) is 0 Å². The molecule has 0 radical (unpaired) electrons. The molecule has 0 saturated carbocycles. The third-order valence-corrected chi connectivity index (χ3v) is 4.76. The van der Waals surface area contributed by atoms with Crippen LogP contribution in [-0.4, -0.2) is 43.1 Å². The summed E-state index contributed by atoms with van der Waals surface area (Å²) >= 11 is 0. The first-order valence-electron chi connectivity index (χ1n) is 8.75. The molecule has 2 aromatic heterocycles. The molecule has 7 heteroatoms. The Hall–Kier alpha value is -2.25. The zero-order chi connectivity index (χ0) is 17.4. The van der Waals surface area contributed by atoms with E-state index in [1.165, 1.54) is 0 Å². The fourth-order valence-electron chi connectivity index (χ4n) is 3.39. The molecule has 1 fully saturated rings. The van der Waals surface area contributed by atoms with E-state index in [2.05, 4.69) is 20.2 Å². The normalized spacial score (nSPS) is 22.1. The molecule has 0 bridgehead atoms. The van der Waals surface area contributed by atoms with Crippen molar-refractivity contribution in [2.75, 3.05) is 13.1 Å². The van der Waals surface area contributed by atoms with Crippen molar-refractivity contribution in [3.8, 4) is 0 Å². The molecule has 25 heavy (non-hydrogen) atoms. The lowest BCUT2D eigenvalue weighted by molar-refractivity contribution is -0.0432.